The van der Waals surface area contributed by atoms with Gasteiger partial charge in [-0.2, -0.15) is 0 Å². The zero-order valence-corrected chi connectivity index (χ0v) is 24.3. The normalized spacial score (nSPS) is 13.4. The maximum Gasteiger partial charge on any atom is 0.264 e. The van der Waals surface area contributed by atoms with E-state index in [0.717, 1.165) is 27.6 Å². The Labute approximate surface area is 239 Å². The molecule has 0 radical (unpaired) electrons. The molecule has 218 valence electrons. The second-order valence-corrected chi connectivity index (χ2v) is 12.0. The first kappa shape index (κ1) is 29.9. The molecule has 0 aromatic heterocycles. The summed E-state index contributed by atoms with van der Waals surface area (Å²) in [6.45, 7) is 7.21. The molecule has 1 unspecified atom stereocenters. The number of sulfonamides is 1. The molecule has 0 saturated heterocycles. The third kappa shape index (κ3) is 7.15. The van der Waals surface area contributed by atoms with Gasteiger partial charge in [0, 0.05) is 18.7 Å². The number of halogens is 1. The van der Waals surface area contributed by atoms with Crippen LogP contribution in [-0.4, -0.2) is 57.0 Å². The quantitative estimate of drug-likeness (QED) is 0.386. The van der Waals surface area contributed by atoms with Crippen molar-refractivity contribution in [3.63, 3.8) is 0 Å². The number of rotatable bonds is 10. The Morgan fingerprint density at radius 3 is 2.20 bits per heavy atom. The summed E-state index contributed by atoms with van der Waals surface area (Å²) in [6, 6.07) is 15.5. The molecule has 1 aliphatic heterocycles. The summed E-state index contributed by atoms with van der Waals surface area (Å²) in [5.74, 6) is -0.862. The molecule has 1 aliphatic rings. The van der Waals surface area contributed by atoms with Gasteiger partial charge >= 0.3 is 0 Å². The van der Waals surface area contributed by atoms with Gasteiger partial charge in [-0.15, -0.1) is 0 Å². The van der Waals surface area contributed by atoms with Crippen molar-refractivity contribution in [2.75, 3.05) is 24.1 Å². The number of nitrogens with one attached hydrogen (secondary N) is 1. The molecule has 0 spiro atoms. The lowest BCUT2D eigenvalue weighted by Crippen LogP contribution is -2.52. The molecule has 1 atom stereocenters. The SMILES string of the molecule is Cc1ccc(CN(C(=O)CN(c2ccc(F)cc2)S(=O)(=O)c2ccc3c(c2)OCCO3)C(C)C(=O)NC(C)C)cc1. The maximum absolute atomic E-state index is 14.0. The number of benzene rings is 3. The van der Waals surface area contributed by atoms with E-state index in [0.29, 0.717) is 12.4 Å². The number of hydrogen-bond donors (Lipinski definition) is 1. The molecule has 0 fully saturated rings. The minimum Gasteiger partial charge on any atom is -0.486 e. The number of ether oxygens (including phenoxy) is 2. The molecule has 1 N–H and O–H groups in total. The highest BCUT2D eigenvalue weighted by molar-refractivity contribution is 7.92. The smallest absolute Gasteiger partial charge is 0.264 e. The Morgan fingerprint density at radius 1 is 0.927 bits per heavy atom. The number of amides is 2. The van der Waals surface area contributed by atoms with Crippen molar-refractivity contribution in [2.24, 2.45) is 0 Å². The van der Waals surface area contributed by atoms with Crippen molar-refractivity contribution in [3.05, 3.63) is 83.7 Å². The molecule has 3 aromatic carbocycles. The van der Waals surface area contributed by atoms with Crippen molar-refractivity contribution < 1.29 is 31.9 Å². The predicted octanol–water partition coefficient (Wildman–Crippen LogP) is 4.04. The van der Waals surface area contributed by atoms with E-state index in [1.807, 2.05) is 45.0 Å². The lowest BCUT2D eigenvalue weighted by atomic mass is 10.1. The summed E-state index contributed by atoms with van der Waals surface area (Å²) < 4.78 is 53.8. The van der Waals surface area contributed by atoms with Gasteiger partial charge in [0.1, 0.15) is 31.6 Å². The fraction of sp³-hybridized carbons (Fsp3) is 0.333. The largest absolute Gasteiger partial charge is 0.486 e. The van der Waals surface area contributed by atoms with Gasteiger partial charge in [0.15, 0.2) is 11.5 Å². The van der Waals surface area contributed by atoms with Crippen LogP contribution < -0.4 is 19.1 Å². The van der Waals surface area contributed by atoms with Gasteiger partial charge in [0.2, 0.25) is 11.8 Å². The fourth-order valence-electron chi connectivity index (χ4n) is 4.33. The molecule has 0 bridgehead atoms. The molecule has 11 heteroatoms. The average molecular weight is 584 g/mol. The lowest BCUT2D eigenvalue weighted by molar-refractivity contribution is -0.139. The van der Waals surface area contributed by atoms with Crippen molar-refractivity contribution in [2.45, 2.75) is 51.2 Å². The predicted molar refractivity (Wildman–Crippen MR) is 153 cm³/mol. The molecule has 0 aliphatic carbocycles. The summed E-state index contributed by atoms with van der Waals surface area (Å²) >= 11 is 0. The van der Waals surface area contributed by atoms with Crippen LogP contribution in [0, 0.1) is 12.7 Å². The van der Waals surface area contributed by atoms with Crippen LogP contribution in [0.5, 0.6) is 11.5 Å². The number of nitrogens with zero attached hydrogens (tertiary/aromatic N) is 2. The van der Waals surface area contributed by atoms with Gasteiger partial charge < -0.3 is 19.7 Å². The monoisotopic (exact) mass is 583 g/mol. The van der Waals surface area contributed by atoms with Gasteiger partial charge in [-0.25, -0.2) is 12.8 Å². The zero-order valence-electron chi connectivity index (χ0n) is 23.5. The Balaban J connectivity index is 1.72. The Hall–Kier alpha value is -4.12. The summed E-state index contributed by atoms with van der Waals surface area (Å²) in [7, 11) is -4.35. The van der Waals surface area contributed by atoms with Crippen LogP contribution in [0.4, 0.5) is 10.1 Å². The summed E-state index contributed by atoms with van der Waals surface area (Å²) in [6.07, 6.45) is 0. The average Bonchev–Trinajstić information content (AvgIpc) is 2.95. The Bertz CT molecular complexity index is 1490. The summed E-state index contributed by atoms with van der Waals surface area (Å²) in [4.78, 5) is 28.1. The third-order valence-corrected chi connectivity index (χ3v) is 8.34. The van der Waals surface area contributed by atoms with E-state index in [2.05, 4.69) is 5.32 Å². The maximum atomic E-state index is 14.0. The second-order valence-electron chi connectivity index (χ2n) is 10.1. The van der Waals surface area contributed by atoms with Crippen molar-refractivity contribution in [3.8, 4) is 11.5 Å². The topological polar surface area (TPSA) is 105 Å². The van der Waals surface area contributed by atoms with Gasteiger partial charge in [-0.1, -0.05) is 29.8 Å². The van der Waals surface area contributed by atoms with E-state index in [-0.39, 0.29) is 41.4 Å². The van der Waals surface area contributed by atoms with Crippen LogP contribution in [0.25, 0.3) is 0 Å². The van der Waals surface area contributed by atoms with Crippen LogP contribution in [-0.2, 0) is 26.2 Å². The number of carbonyl (C=O) groups excluding carboxylic acids is 2. The molecule has 9 nitrogen and oxygen atoms in total. The zero-order chi connectivity index (χ0) is 29.7. The molecule has 2 amide bonds. The molecular weight excluding hydrogens is 549 g/mol. The van der Waals surface area contributed by atoms with Crippen LogP contribution in [0.3, 0.4) is 0 Å². The van der Waals surface area contributed by atoms with Crippen molar-refractivity contribution >= 4 is 27.5 Å². The summed E-state index contributed by atoms with van der Waals surface area (Å²) in [5.41, 5.74) is 1.89. The van der Waals surface area contributed by atoms with E-state index >= 15 is 0 Å². The number of aryl methyl sites for hydroxylation is 1. The molecule has 41 heavy (non-hydrogen) atoms. The van der Waals surface area contributed by atoms with Crippen LogP contribution in [0.1, 0.15) is 31.9 Å². The highest BCUT2D eigenvalue weighted by Crippen LogP contribution is 2.34. The molecule has 1 heterocycles. The number of hydrogen-bond acceptors (Lipinski definition) is 6. The Kier molecular flexibility index (Phi) is 9.17. The van der Waals surface area contributed by atoms with E-state index in [1.165, 1.54) is 35.2 Å². The minimum atomic E-state index is -4.35. The van der Waals surface area contributed by atoms with Gasteiger partial charge in [0.25, 0.3) is 10.0 Å². The van der Waals surface area contributed by atoms with E-state index in [1.54, 1.807) is 6.92 Å². The first-order valence-corrected chi connectivity index (χ1v) is 14.7. The first-order chi connectivity index (χ1) is 19.5. The lowest BCUT2D eigenvalue weighted by Gasteiger charge is -2.32. The van der Waals surface area contributed by atoms with Gasteiger partial charge in [-0.05, 0) is 69.7 Å². The van der Waals surface area contributed by atoms with Crippen LogP contribution >= 0.6 is 0 Å². The Morgan fingerprint density at radius 2 is 1.56 bits per heavy atom. The van der Waals surface area contributed by atoms with E-state index in [9.17, 15) is 22.4 Å². The van der Waals surface area contributed by atoms with Crippen LogP contribution in [0.2, 0.25) is 0 Å². The summed E-state index contributed by atoms with van der Waals surface area (Å²) in [5, 5.41) is 2.82. The number of carbonyl (C=O) groups is 2. The molecule has 4 rings (SSSR count). The second kappa shape index (κ2) is 12.6. The molecule has 3 aromatic rings. The highest BCUT2D eigenvalue weighted by Gasteiger charge is 2.33. The fourth-order valence-corrected chi connectivity index (χ4v) is 5.76. The number of anilines is 1. The minimum absolute atomic E-state index is 0.0765. The van der Waals surface area contributed by atoms with E-state index in [4.69, 9.17) is 9.47 Å². The molecule has 0 saturated carbocycles. The first-order valence-electron chi connectivity index (χ1n) is 13.3. The van der Waals surface area contributed by atoms with Crippen molar-refractivity contribution in [1.82, 2.24) is 10.2 Å². The van der Waals surface area contributed by atoms with Crippen molar-refractivity contribution in [1.29, 1.82) is 0 Å². The third-order valence-electron chi connectivity index (χ3n) is 6.57. The number of fused-ring (bicyclic) bond motifs is 1. The molecular formula is C30H34FN3O6S. The van der Waals surface area contributed by atoms with E-state index < -0.39 is 34.3 Å². The van der Waals surface area contributed by atoms with Gasteiger partial charge in [0.05, 0.1) is 10.6 Å². The van der Waals surface area contributed by atoms with Gasteiger partial charge in [-0.3, -0.25) is 13.9 Å². The van der Waals surface area contributed by atoms with Crippen LogP contribution in [0.15, 0.2) is 71.6 Å². The standard InChI is InChI=1S/C30H34FN3O6S/c1-20(2)32-30(36)22(4)33(18-23-7-5-21(3)6-8-23)29(35)19-34(25-11-9-24(31)10-12-25)41(37,38)26-13-14-27-28(17-26)40-16-15-39-27/h5-14,17,20,22H,15-16,18-19H2,1-4H3,(H,32,36). The highest BCUT2D eigenvalue weighted by atomic mass is 32.2.